The van der Waals surface area contributed by atoms with Gasteiger partial charge in [-0.25, -0.2) is 4.37 Å². The van der Waals surface area contributed by atoms with Crippen LogP contribution in [-0.4, -0.2) is 58.1 Å². The molecule has 4 heterocycles. The SMILES string of the molecule is COc1ccc(-c2noc(N3CCC(C(N)=O)CC3CC3CCN(Cc4ccns4)C3)n2)cc1. The van der Waals surface area contributed by atoms with Gasteiger partial charge in [-0.05, 0) is 80.0 Å². The summed E-state index contributed by atoms with van der Waals surface area (Å²) in [6.07, 6.45) is 5.41. The van der Waals surface area contributed by atoms with Crippen LogP contribution in [0.25, 0.3) is 11.4 Å². The number of hydrogen-bond donors (Lipinski definition) is 1. The molecule has 9 nitrogen and oxygen atoms in total. The van der Waals surface area contributed by atoms with E-state index >= 15 is 0 Å². The molecule has 3 unspecified atom stereocenters. The average molecular weight is 483 g/mol. The number of benzene rings is 1. The predicted molar refractivity (Wildman–Crippen MR) is 129 cm³/mol. The minimum Gasteiger partial charge on any atom is -0.497 e. The molecule has 0 aliphatic carbocycles. The van der Waals surface area contributed by atoms with E-state index in [1.54, 1.807) is 18.6 Å². The quantitative estimate of drug-likeness (QED) is 0.521. The standard InChI is InChI=1S/C24H30N6O3S/c1-32-20-4-2-17(3-5-20)23-27-24(33-28-23)30-11-8-18(22(25)31)13-19(30)12-16-7-10-29(14-16)15-21-6-9-26-34-21/h2-6,9,16,18-19H,7-8,10-15H2,1H3,(H2,25,31). The highest BCUT2D eigenvalue weighted by molar-refractivity contribution is 7.05. The Kier molecular flexibility index (Phi) is 6.77. The largest absolute Gasteiger partial charge is 0.497 e. The van der Waals surface area contributed by atoms with Crippen molar-refractivity contribution >= 4 is 23.5 Å². The van der Waals surface area contributed by atoms with Gasteiger partial charge < -0.3 is 19.9 Å². The van der Waals surface area contributed by atoms with Crippen molar-refractivity contribution in [3.63, 3.8) is 0 Å². The number of nitrogens with two attached hydrogens (primary N) is 1. The zero-order valence-corrected chi connectivity index (χ0v) is 20.1. The highest BCUT2D eigenvalue weighted by Gasteiger charge is 2.36. The molecular formula is C24H30N6O3S. The number of aromatic nitrogens is 3. The Bertz CT molecular complexity index is 1090. The van der Waals surface area contributed by atoms with E-state index in [2.05, 4.69) is 25.4 Å². The van der Waals surface area contributed by atoms with Crippen LogP contribution in [0.1, 0.15) is 30.6 Å². The van der Waals surface area contributed by atoms with Crippen LogP contribution >= 0.6 is 11.5 Å². The Morgan fingerprint density at radius 1 is 1.24 bits per heavy atom. The van der Waals surface area contributed by atoms with Gasteiger partial charge in [-0.2, -0.15) is 4.98 Å². The van der Waals surface area contributed by atoms with E-state index in [-0.39, 0.29) is 17.9 Å². The molecule has 10 heteroatoms. The molecule has 3 atom stereocenters. The molecule has 180 valence electrons. The molecule has 0 bridgehead atoms. The van der Waals surface area contributed by atoms with Gasteiger partial charge in [0.05, 0.1) is 7.11 Å². The van der Waals surface area contributed by atoms with Crippen LogP contribution in [0.15, 0.2) is 41.1 Å². The summed E-state index contributed by atoms with van der Waals surface area (Å²) >= 11 is 1.56. The first kappa shape index (κ1) is 22.8. The molecule has 34 heavy (non-hydrogen) atoms. The minimum atomic E-state index is -0.215. The van der Waals surface area contributed by atoms with Crippen molar-refractivity contribution in [1.82, 2.24) is 19.4 Å². The van der Waals surface area contributed by atoms with E-state index in [0.717, 1.165) is 50.2 Å². The number of methoxy groups -OCH3 is 1. The number of amides is 1. The Balaban J connectivity index is 1.28. The maximum Gasteiger partial charge on any atom is 0.324 e. The van der Waals surface area contributed by atoms with Gasteiger partial charge in [-0.3, -0.25) is 9.69 Å². The summed E-state index contributed by atoms with van der Waals surface area (Å²) in [5, 5.41) is 4.22. The second-order valence-corrected chi connectivity index (χ2v) is 10.1. The minimum absolute atomic E-state index is 0.111. The highest BCUT2D eigenvalue weighted by atomic mass is 32.1. The first-order valence-electron chi connectivity index (χ1n) is 11.7. The van der Waals surface area contributed by atoms with Gasteiger partial charge in [0.1, 0.15) is 5.75 Å². The number of anilines is 1. The fourth-order valence-electron chi connectivity index (χ4n) is 5.15. The average Bonchev–Trinajstić information content (AvgIpc) is 3.62. The summed E-state index contributed by atoms with van der Waals surface area (Å²) in [5.74, 6) is 1.55. The fourth-order valence-corrected chi connectivity index (χ4v) is 5.77. The Labute approximate surface area is 203 Å². The second kappa shape index (κ2) is 10.1. The summed E-state index contributed by atoms with van der Waals surface area (Å²) in [6.45, 7) is 3.76. The molecule has 3 aromatic rings. The number of hydrogen-bond acceptors (Lipinski definition) is 9. The van der Waals surface area contributed by atoms with Gasteiger partial charge in [0.25, 0.3) is 0 Å². The fraction of sp³-hybridized carbons (Fsp3) is 0.500. The van der Waals surface area contributed by atoms with E-state index in [1.165, 1.54) is 4.88 Å². The number of likely N-dealkylation sites (tertiary alicyclic amines) is 1. The van der Waals surface area contributed by atoms with Crippen LogP contribution in [0.3, 0.4) is 0 Å². The maximum absolute atomic E-state index is 12.0. The molecule has 2 fully saturated rings. The van der Waals surface area contributed by atoms with E-state index in [1.807, 2.05) is 30.5 Å². The summed E-state index contributed by atoms with van der Waals surface area (Å²) < 4.78 is 15.1. The highest BCUT2D eigenvalue weighted by Crippen LogP contribution is 2.34. The Hall–Kier alpha value is -2.98. The van der Waals surface area contributed by atoms with Crippen LogP contribution in [0.2, 0.25) is 0 Å². The lowest BCUT2D eigenvalue weighted by Gasteiger charge is -2.38. The molecule has 2 aliphatic rings. The lowest BCUT2D eigenvalue weighted by Crippen LogP contribution is -2.47. The van der Waals surface area contributed by atoms with Gasteiger partial charge >= 0.3 is 6.01 Å². The molecule has 1 amide bonds. The Morgan fingerprint density at radius 2 is 2.09 bits per heavy atom. The van der Waals surface area contributed by atoms with Crippen molar-refractivity contribution in [3.05, 3.63) is 41.4 Å². The van der Waals surface area contributed by atoms with Gasteiger partial charge in [0.2, 0.25) is 11.7 Å². The van der Waals surface area contributed by atoms with Crippen molar-refractivity contribution in [2.45, 2.75) is 38.3 Å². The van der Waals surface area contributed by atoms with Crippen LogP contribution in [-0.2, 0) is 11.3 Å². The summed E-state index contributed by atoms with van der Waals surface area (Å²) in [5.41, 5.74) is 6.56. The third kappa shape index (κ3) is 5.07. The Morgan fingerprint density at radius 3 is 2.82 bits per heavy atom. The smallest absolute Gasteiger partial charge is 0.324 e. The first-order chi connectivity index (χ1) is 16.6. The van der Waals surface area contributed by atoms with Crippen LogP contribution in [0.4, 0.5) is 6.01 Å². The number of carbonyl (C=O) groups excluding carboxylic acids is 1. The van der Waals surface area contributed by atoms with Gasteiger partial charge in [0.15, 0.2) is 0 Å². The van der Waals surface area contributed by atoms with Crippen molar-refractivity contribution in [3.8, 4) is 17.1 Å². The molecular weight excluding hydrogens is 452 g/mol. The lowest BCUT2D eigenvalue weighted by atomic mass is 9.85. The number of ether oxygens (including phenoxy) is 1. The first-order valence-corrected chi connectivity index (χ1v) is 12.5. The molecule has 0 spiro atoms. The molecule has 2 aromatic heterocycles. The second-order valence-electron chi connectivity index (χ2n) is 9.20. The van der Waals surface area contributed by atoms with Gasteiger partial charge in [0, 0.05) is 48.2 Å². The summed E-state index contributed by atoms with van der Waals surface area (Å²) in [7, 11) is 1.64. The normalized spacial score (nSPS) is 23.3. The van der Waals surface area contributed by atoms with Crippen molar-refractivity contribution in [2.24, 2.45) is 17.6 Å². The number of rotatable bonds is 8. The van der Waals surface area contributed by atoms with E-state index in [0.29, 0.717) is 30.7 Å². The number of carbonyl (C=O) groups is 1. The number of primary amides is 1. The topological polar surface area (TPSA) is 111 Å². The summed E-state index contributed by atoms with van der Waals surface area (Å²) in [6, 6.07) is 10.3. The van der Waals surface area contributed by atoms with Crippen molar-refractivity contribution in [1.29, 1.82) is 0 Å². The van der Waals surface area contributed by atoms with Crippen molar-refractivity contribution < 1.29 is 14.1 Å². The van der Waals surface area contributed by atoms with E-state index in [9.17, 15) is 4.79 Å². The molecule has 2 aliphatic heterocycles. The van der Waals surface area contributed by atoms with E-state index < -0.39 is 0 Å². The molecule has 1 aromatic carbocycles. The summed E-state index contributed by atoms with van der Waals surface area (Å²) in [4.78, 5) is 22.6. The molecule has 0 radical (unpaired) electrons. The van der Waals surface area contributed by atoms with Crippen LogP contribution < -0.4 is 15.4 Å². The number of nitrogens with zero attached hydrogens (tertiary/aromatic N) is 5. The third-order valence-corrected chi connectivity index (χ3v) is 7.70. The van der Waals surface area contributed by atoms with Gasteiger partial charge in [-0.15, -0.1) is 0 Å². The predicted octanol–water partition coefficient (Wildman–Crippen LogP) is 3.18. The van der Waals surface area contributed by atoms with Crippen molar-refractivity contribution in [2.75, 3.05) is 31.6 Å². The van der Waals surface area contributed by atoms with Crippen LogP contribution in [0.5, 0.6) is 5.75 Å². The zero-order chi connectivity index (χ0) is 23.5. The molecule has 5 rings (SSSR count). The molecule has 0 saturated carbocycles. The lowest BCUT2D eigenvalue weighted by molar-refractivity contribution is -0.122. The molecule has 2 N–H and O–H groups in total. The molecule has 2 saturated heterocycles. The third-order valence-electron chi connectivity index (χ3n) is 6.97. The maximum atomic E-state index is 12.0. The van der Waals surface area contributed by atoms with Gasteiger partial charge in [-0.1, -0.05) is 5.16 Å². The van der Waals surface area contributed by atoms with Crippen LogP contribution in [0, 0.1) is 11.8 Å². The monoisotopic (exact) mass is 482 g/mol. The van der Waals surface area contributed by atoms with E-state index in [4.69, 9.17) is 20.0 Å². The zero-order valence-electron chi connectivity index (χ0n) is 19.3. The number of piperidine rings is 1.